The molecule has 1 heterocycles. The van der Waals surface area contributed by atoms with Crippen LogP contribution in [0.3, 0.4) is 0 Å². The highest BCUT2D eigenvalue weighted by Gasteiger charge is 2.17. The fraction of sp³-hybridized carbons (Fsp3) is 0.0909. The lowest BCUT2D eigenvalue weighted by molar-refractivity contribution is 0.598. The van der Waals surface area contributed by atoms with E-state index in [0.717, 1.165) is 5.69 Å². The quantitative estimate of drug-likeness (QED) is 0.775. The van der Waals surface area contributed by atoms with Crippen LogP contribution in [0.5, 0.6) is 0 Å². The zero-order chi connectivity index (χ0) is 13.3. The highest BCUT2D eigenvalue weighted by Crippen LogP contribution is 2.25. The van der Waals surface area contributed by atoms with E-state index in [4.69, 9.17) is 10.9 Å². The van der Waals surface area contributed by atoms with E-state index in [0.29, 0.717) is 11.3 Å². The number of rotatable bonds is 2. The van der Waals surface area contributed by atoms with Crippen molar-refractivity contribution >= 4 is 15.7 Å². The number of nitrogens with zero attached hydrogens (tertiary/aromatic N) is 2. The third-order valence-electron chi connectivity index (χ3n) is 2.35. The molecule has 2 rings (SSSR count). The van der Waals surface area contributed by atoms with Crippen molar-refractivity contribution in [2.75, 3.05) is 5.73 Å². The zero-order valence-electron chi connectivity index (χ0n) is 9.66. The first-order chi connectivity index (χ1) is 8.38. The highest BCUT2D eigenvalue weighted by molar-refractivity contribution is 7.89. The molecular formula is C11H12N4O2S. The molecular weight excluding hydrogens is 252 g/mol. The van der Waals surface area contributed by atoms with E-state index in [1.54, 1.807) is 19.2 Å². The van der Waals surface area contributed by atoms with Gasteiger partial charge in [0, 0.05) is 23.1 Å². The lowest BCUT2D eigenvalue weighted by atomic mass is 10.2. The van der Waals surface area contributed by atoms with Crippen LogP contribution < -0.4 is 10.9 Å². The Balaban J connectivity index is 2.74. The third-order valence-corrected chi connectivity index (χ3v) is 3.31. The van der Waals surface area contributed by atoms with Crippen molar-refractivity contribution < 1.29 is 8.42 Å². The average Bonchev–Trinajstić information content (AvgIpc) is 2.27. The standard InChI is InChI=1S/C11H12N4O2S/c1-7-4-5-14-11(15-7)9-6-8(12)2-3-10(9)18(13,16)17/h2-6H,12H2,1H3,(H2,13,16,17). The smallest absolute Gasteiger partial charge is 0.238 e. The SMILES string of the molecule is Cc1ccnc(-c2cc(N)ccc2S(N)(=O)=O)n1. The molecule has 0 amide bonds. The molecule has 18 heavy (non-hydrogen) atoms. The van der Waals surface area contributed by atoms with Crippen LogP contribution in [-0.4, -0.2) is 18.4 Å². The molecule has 0 saturated heterocycles. The summed E-state index contributed by atoms with van der Waals surface area (Å²) in [6, 6.07) is 6.03. The lowest BCUT2D eigenvalue weighted by Gasteiger charge is -2.08. The molecule has 0 saturated carbocycles. The van der Waals surface area contributed by atoms with Gasteiger partial charge in [-0.05, 0) is 31.2 Å². The maximum atomic E-state index is 11.5. The summed E-state index contributed by atoms with van der Waals surface area (Å²) in [5.74, 6) is 0.284. The van der Waals surface area contributed by atoms with Gasteiger partial charge < -0.3 is 5.73 Å². The number of aryl methyl sites for hydroxylation is 1. The molecule has 1 aromatic heterocycles. The minimum Gasteiger partial charge on any atom is -0.399 e. The van der Waals surface area contributed by atoms with E-state index in [-0.39, 0.29) is 10.7 Å². The van der Waals surface area contributed by atoms with Gasteiger partial charge in [-0.15, -0.1) is 0 Å². The predicted molar refractivity (Wildman–Crippen MR) is 68.0 cm³/mol. The summed E-state index contributed by atoms with van der Waals surface area (Å²) >= 11 is 0. The molecule has 7 heteroatoms. The topological polar surface area (TPSA) is 112 Å². The first-order valence-corrected chi connectivity index (χ1v) is 6.65. The Bertz CT molecular complexity index is 698. The van der Waals surface area contributed by atoms with E-state index < -0.39 is 10.0 Å². The van der Waals surface area contributed by atoms with E-state index in [2.05, 4.69) is 9.97 Å². The highest BCUT2D eigenvalue weighted by atomic mass is 32.2. The number of primary sulfonamides is 1. The Hall–Kier alpha value is -1.99. The van der Waals surface area contributed by atoms with Crippen molar-refractivity contribution in [1.82, 2.24) is 9.97 Å². The molecule has 0 spiro atoms. The Kier molecular flexibility index (Phi) is 3.02. The Morgan fingerprint density at radius 3 is 2.56 bits per heavy atom. The second kappa shape index (κ2) is 4.35. The normalized spacial score (nSPS) is 11.4. The molecule has 0 unspecified atom stereocenters. The number of hydrogen-bond donors (Lipinski definition) is 2. The monoisotopic (exact) mass is 264 g/mol. The van der Waals surface area contributed by atoms with Gasteiger partial charge >= 0.3 is 0 Å². The molecule has 0 aliphatic rings. The lowest BCUT2D eigenvalue weighted by Crippen LogP contribution is -2.14. The molecule has 0 fully saturated rings. The summed E-state index contributed by atoms with van der Waals surface area (Å²) in [5.41, 5.74) is 7.11. The number of anilines is 1. The van der Waals surface area contributed by atoms with Gasteiger partial charge in [-0.25, -0.2) is 23.5 Å². The van der Waals surface area contributed by atoms with Crippen LogP contribution in [0, 0.1) is 6.92 Å². The number of sulfonamides is 1. The van der Waals surface area contributed by atoms with Gasteiger partial charge in [0.05, 0.1) is 4.90 Å². The van der Waals surface area contributed by atoms with Crippen molar-refractivity contribution in [2.24, 2.45) is 5.14 Å². The fourth-order valence-corrected chi connectivity index (χ4v) is 2.26. The van der Waals surface area contributed by atoms with Gasteiger partial charge in [0.15, 0.2) is 5.82 Å². The summed E-state index contributed by atoms with van der Waals surface area (Å²) in [4.78, 5) is 8.17. The predicted octanol–water partition coefficient (Wildman–Crippen LogP) is 0.682. The largest absolute Gasteiger partial charge is 0.399 e. The molecule has 94 valence electrons. The third kappa shape index (κ3) is 2.47. The molecule has 0 radical (unpaired) electrons. The second-order valence-corrected chi connectivity index (χ2v) is 5.35. The summed E-state index contributed by atoms with van der Waals surface area (Å²) < 4.78 is 23.0. The van der Waals surface area contributed by atoms with Gasteiger partial charge in [-0.3, -0.25) is 0 Å². The van der Waals surface area contributed by atoms with Crippen molar-refractivity contribution in [3.05, 3.63) is 36.2 Å². The Labute approximate surface area is 105 Å². The van der Waals surface area contributed by atoms with Crippen LogP contribution in [-0.2, 0) is 10.0 Å². The zero-order valence-corrected chi connectivity index (χ0v) is 10.5. The molecule has 1 aromatic carbocycles. The summed E-state index contributed by atoms with van der Waals surface area (Å²) in [7, 11) is -3.85. The first-order valence-electron chi connectivity index (χ1n) is 5.10. The number of aromatic nitrogens is 2. The maximum Gasteiger partial charge on any atom is 0.238 e. The fourth-order valence-electron chi connectivity index (χ4n) is 1.55. The van der Waals surface area contributed by atoms with E-state index in [1.165, 1.54) is 18.2 Å². The Morgan fingerprint density at radius 2 is 1.94 bits per heavy atom. The number of benzene rings is 1. The average molecular weight is 264 g/mol. The minimum atomic E-state index is -3.85. The van der Waals surface area contributed by atoms with E-state index >= 15 is 0 Å². The number of nitrogens with two attached hydrogens (primary N) is 2. The molecule has 0 aliphatic carbocycles. The number of hydrogen-bond acceptors (Lipinski definition) is 5. The number of nitrogen functional groups attached to an aromatic ring is 1. The molecule has 2 aromatic rings. The van der Waals surface area contributed by atoms with Crippen LogP contribution >= 0.6 is 0 Å². The molecule has 0 aliphatic heterocycles. The Morgan fingerprint density at radius 1 is 1.22 bits per heavy atom. The van der Waals surface area contributed by atoms with E-state index in [1.807, 2.05) is 0 Å². The van der Waals surface area contributed by atoms with Crippen LogP contribution in [0.25, 0.3) is 11.4 Å². The molecule has 4 N–H and O–H groups in total. The van der Waals surface area contributed by atoms with Crippen LogP contribution in [0.4, 0.5) is 5.69 Å². The van der Waals surface area contributed by atoms with Gasteiger partial charge in [0.25, 0.3) is 0 Å². The molecule has 0 atom stereocenters. The van der Waals surface area contributed by atoms with Crippen molar-refractivity contribution in [3.63, 3.8) is 0 Å². The molecule has 0 bridgehead atoms. The van der Waals surface area contributed by atoms with Gasteiger partial charge in [-0.1, -0.05) is 0 Å². The summed E-state index contributed by atoms with van der Waals surface area (Å²) in [6.45, 7) is 1.79. The van der Waals surface area contributed by atoms with Gasteiger partial charge in [0.2, 0.25) is 10.0 Å². The van der Waals surface area contributed by atoms with Gasteiger partial charge in [-0.2, -0.15) is 0 Å². The molecule has 6 nitrogen and oxygen atoms in total. The first kappa shape index (κ1) is 12.5. The maximum absolute atomic E-state index is 11.5. The van der Waals surface area contributed by atoms with Crippen LogP contribution in [0.2, 0.25) is 0 Å². The summed E-state index contributed by atoms with van der Waals surface area (Å²) in [5, 5.41) is 5.16. The van der Waals surface area contributed by atoms with Gasteiger partial charge in [0.1, 0.15) is 0 Å². The van der Waals surface area contributed by atoms with Crippen molar-refractivity contribution in [2.45, 2.75) is 11.8 Å². The minimum absolute atomic E-state index is 0.0395. The van der Waals surface area contributed by atoms with Crippen LogP contribution in [0.15, 0.2) is 35.4 Å². The van der Waals surface area contributed by atoms with Crippen molar-refractivity contribution in [3.8, 4) is 11.4 Å². The van der Waals surface area contributed by atoms with E-state index in [9.17, 15) is 8.42 Å². The van der Waals surface area contributed by atoms with Crippen LogP contribution in [0.1, 0.15) is 5.69 Å². The second-order valence-electron chi connectivity index (χ2n) is 3.82. The summed E-state index contributed by atoms with van der Waals surface area (Å²) in [6.07, 6.45) is 1.55. The van der Waals surface area contributed by atoms with Crippen molar-refractivity contribution in [1.29, 1.82) is 0 Å².